The molecule has 1 saturated carbocycles. The minimum absolute atomic E-state index is 0.0739. The van der Waals surface area contributed by atoms with Gasteiger partial charge < -0.3 is 14.3 Å². The van der Waals surface area contributed by atoms with E-state index in [1.54, 1.807) is 0 Å². The normalized spacial score (nSPS) is 40.0. The molecule has 1 aliphatic heterocycles. The van der Waals surface area contributed by atoms with Gasteiger partial charge in [-0.15, -0.1) is 0 Å². The molecule has 2 rings (SSSR count). The molecule has 1 heterocycles. The summed E-state index contributed by atoms with van der Waals surface area (Å²) in [6.45, 7) is 1.37. The van der Waals surface area contributed by atoms with E-state index >= 15 is 0 Å². The van der Waals surface area contributed by atoms with Gasteiger partial charge in [0.1, 0.15) is 6.29 Å². The fraction of sp³-hybridized carbons (Fsp3) is 0.857. The molecule has 3 heteroatoms. The van der Waals surface area contributed by atoms with Crippen LogP contribution in [0.2, 0.25) is 0 Å². The summed E-state index contributed by atoms with van der Waals surface area (Å²) >= 11 is 0. The average molecular weight is 142 g/mol. The molecule has 0 aromatic carbocycles. The first-order valence-electron chi connectivity index (χ1n) is 3.60. The van der Waals surface area contributed by atoms with Crippen LogP contribution in [0.5, 0.6) is 0 Å². The monoisotopic (exact) mass is 142 g/mol. The van der Waals surface area contributed by atoms with E-state index in [0.717, 1.165) is 12.7 Å². The number of aldehydes is 1. The van der Waals surface area contributed by atoms with E-state index < -0.39 is 0 Å². The zero-order valence-corrected chi connectivity index (χ0v) is 5.66. The van der Waals surface area contributed by atoms with Crippen LogP contribution in [0.3, 0.4) is 0 Å². The van der Waals surface area contributed by atoms with Gasteiger partial charge in [-0.1, -0.05) is 0 Å². The lowest BCUT2D eigenvalue weighted by Crippen LogP contribution is -2.11. The molecular formula is C7H10O3. The number of ether oxygens (including phenoxy) is 2. The number of carbonyl (C=O) groups is 1. The van der Waals surface area contributed by atoms with Crippen LogP contribution < -0.4 is 0 Å². The lowest BCUT2D eigenvalue weighted by molar-refractivity contribution is -0.111. The summed E-state index contributed by atoms with van der Waals surface area (Å²) in [6.07, 6.45) is 1.87. The van der Waals surface area contributed by atoms with Crippen molar-refractivity contribution in [2.24, 2.45) is 11.8 Å². The van der Waals surface area contributed by atoms with Crippen LogP contribution in [0, 0.1) is 11.8 Å². The predicted octanol–water partition coefficient (Wildman–Crippen LogP) is 0.194. The van der Waals surface area contributed by atoms with Crippen molar-refractivity contribution in [3.05, 3.63) is 0 Å². The zero-order valence-electron chi connectivity index (χ0n) is 5.66. The Labute approximate surface area is 59.3 Å². The van der Waals surface area contributed by atoms with E-state index in [2.05, 4.69) is 0 Å². The second-order valence-corrected chi connectivity index (χ2v) is 2.81. The Kier molecular flexibility index (Phi) is 1.47. The molecule has 10 heavy (non-hydrogen) atoms. The molecule has 0 amide bonds. The van der Waals surface area contributed by atoms with Crippen molar-refractivity contribution >= 4 is 6.29 Å². The quantitative estimate of drug-likeness (QED) is 0.516. The van der Waals surface area contributed by atoms with E-state index in [1.807, 2.05) is 0 Å². The fourth-order valence-corrected chi connectivity index (χ4v) is 1.33. The number of hydrogen-bond acceptors (Lipinski definition) is 3. The van der Waals surface area contributed by atoms with Crippen LogP contribution in [0.4, 0.5) is 0 Å². The standard InChI is InChI=1S/C7H10O3/c8-4-5-3-6(5)7-9-1-2-10-7/h4-7H,1-3H2/t5-,6+/m0/s1. The van der Waals surface area contributed by atoms with Crippen LogP contribution in [0.25, 0.3) is 0 Å². The minimum Gasteiger partial charge on any atom is -0.350 e. The Morgan fingerprint density at radius 2 is 2.00 bits per heavy atom. The zero-order chi connectivity index (χ0) is 6.97. The second kappa shape index (κ2) is 2.32. The maximum atomic E-state index is 10.2. The summed E-state index contributed by atoms with van der Waals surface area (Å²) < 4.78 is 10.5. The largest absolute Gasteiger partial charge is 0.350 e. The number of hydrogen-bond donors (Lipinski definition) is 0. The molecule has 0 radical (unpaired) electrons. The predicted molar refractivity (Wildman–Crippen MR) is 33.4 cm³/mol. The third-order valence-electron chi connectivity index (χ3n) is 2.06. The third-order valence-corrected chi connectivity index (χ3v) is 2.06. The molecule has 0 aromatic heterocycles. The Morgan fingerprint density at radius 3 is 2.50 bits per heavy atom. The van der Waals surface area contributed by atoms with Crippen molar-refractivity contribution in [1.29, 1.82) is 0 Å². The Balaban J connectivity index is 1.84. The highest BCUT2D eigenvalue weighted by atomic mass is 16.7. The molecule has 1 saturated heterocycles. The Bertz CT molecular complexity index is 140. The molecule has 2 aliphatic rings. The fourth-order valence-electron chi connectivity index (χ4n) is 1.33. The molecule has 0 aromatic rings. The average Bonchev–Trinajstić information content (AvgIpc) is 2.56. The van der Waals surface area contributed by atoms with Crippen LogP contribution in [0.1, 0.15) is 6.42 Å². The molecule has 2 fully saturated rings. The maximum absolute atomic E-state index is 10.2. The van der Waals surface area contributed by atoms with Crippen molar-refractivity contribution in [3.8, 4) is 0 Å². The summed E-state index contributed by atoms with van der Waals surface area (Å²) in [6, 6.07) is 0. The van der Waals surface area contributed by atoms with Crippen LogP contribution >= 0.6 is 0 Å². The van der Waals surface area contributed by atoms with Gasteiger partial charge in [0.25, 0.3) is 0 Å². The van der Waals surface area contributed by atoms with Gasteiger partial charge in [0, 0.05) is 11.8 Å². The second-order valence-electron chi connectivity index (χ2n) is 2.81. The lowest BCUT2D eigenvalue weighted by atomic mass is 10.3. The van der Waals surface area contributed by atoms with Gasteiger partial charge >= 0.3 is 0 Å². The van der Waals surface area contributed by atoms with E-state index in [4.69, 9.17) is 9.47 Å². The van der Waals surface area contributed by atoms with Gasteiger partial charge in [-0.3, -0.25) is 0 Å². The van der Waals surface area contributed by atoms with Gasteiger partial charge in [0.05, 0.1) is 13.2 Å². The van der Waals surface area contributed by atoms with Crippen molar-refractivity contribution in [2.45, 2.75) is 12.7 Å². The first kappa shape index (κ1) is 6.31. The SMILES string of the molecule is O=C[C@@H]1C[C@H]1C1OCCO1. The molecule has 0 N–H and O–H groups in total. The van der Waals surface area contributed by atoms with Gasteiger partial charge in [0.2, 0.25) is 0 Å². The Morgan fingerprint density at radius 1 is 1.30 bits per heavy atom. The maximum Gasteiger partial charge on any atom is 0.161 e. The molecule has 0 spiro atoms. The third kappa shape index (κ3) is 0.954. The highest BCUT2D eigenvalue weighted by Crippen LogP contribution is 2.42. The summed E-state index contributed by atoms with van der Waals surface area (Å²) in [5, 5.41) is 0. The molecule has 1 aliphatic carbocycles. The van der Waals surface area contributed by atoms with Crippen molar-refractivity contribution < 1.29 is 14.3 Å². The van der Waals surface area contributed by atoms with E-state index in [9.17, 15) is 4.79 Å². The first-order chi connectivity index (χ1) is 4.92. The van der Waals surface area contributed by atoms with E-state index in [-0.39, 0.29) is 12.2 Å². The topological polar surface area (TPSA) is 35.5 Å². The smallest absolute Gasteiger partial charge is 0.161 e. The molecular weight excluding hydrogens is 132 g/mol. The van der Waals surface area contributed by atoms with Gasteiger partial charge in [-0.05, 0) is 6.42 Å². The van der Waals surface area contributed by atoms with Gasteiger partial charge in [-0.25, -0.2) is 0 Å². The number of carbonyl (C=O) groups excluding carboxylic acids is 1. The van der Waals surface area contributed by atoms with Gasteiger partial charge in [0.15, 0.2) is 6.29 Å². The van der Waals surface area contributed by atoms with Crippen molar-refractivity contribution in [1.82, 2.24) is 0 Å². The van der Waals surface area contributed by atoms with Crippen LogP contribution in [-0.4, -0.2) is 25.8 Å². The van der Waals surface area contributed by atoms with Crippen LogP contribution in [0.15, 0.2) is 0 Å². The Hall–Kier alpha value is -0.410. The molecule has 0 bridgehead atoms. The number of rotatable bonds is 2. The minimum atomic E-state index is -0.0739. The summed E-state index contributed by atoms with van der Waals surface area (Å²) in [7, 11) is 0. The van der Waals surface area contributed by atoms with Gasteiger partial charge in [-0.2, -0.15) is 0 Å². The molecule has 2 atom stereocenters. The summed E-state index contributed by atoms with van der Waals surface area (Å²) in [5.41, 5.74) is 0. The summed E-state index contributed by atoms with van der Waals surface area (Å²) in [5.74, 6) is 0.572. The first-order valence-corrected chi connectivity index (χ1v) is 3.60. The summed E-state index contributed by atoms with van der Waals surface area (Å²) in [4.78, 5) is 10.2. The highest BCUT2D eigenvalue weighted by Gasteiger charge is 2.45. The molecule has 56 valence electrons. The van der Waals surface area contributed by atoms with E-state index in [1.165, 1.54) is 0 Å². The van der Waals surface area contributed by atoms with Crippen molar-refractivity contribution in [2.75, 3.05) is 13.2 Å². The lowest BCUT2D eigenvalue weighted by Gasteiger charge is -2.05. The van der Waals surface area contributed by atoms with Crippen LogP contribution in [-0.2, 0) is 14.3 Å². The van der Waals surface area contributed by atoms with Crippen molar-refractivity contribution in [3.63, 3.8) is 0 Å². The highest BCUT2D eigenvalue weighted by molar-refractivity contribution is 5.58. The molecule has 0 unspecified atom stereocenters. The molecule has 3 nitrogen and oxygen atoms in total. The van der Waals surface area contributed by atoms with E-state index in [0.29, 0.717) is 19.1 Å².